The lowest BCUT2D eigenvalue weighted by atomic mass is 9.78. The number of imide groups is 1. The first-order valence-corrected chi connectivity index (χ1v) is 5.92. The molecule has 1 saturated heterocycles. The van der Waals surface area contributed by atoms with Gasteiger partial charge in [-0.25, -0.2) is 4.79 Å². The number of hydrogen-bond acceptors (Lipinski definition) is 3. The third kappa shape index (κ3) is 1.54. The smallest absolute Gasteiger partial charge is 0.322 e. The first-order valence-electron chi connectivity index (χ1n) is 5.92. The molecule has 2 N–H and O–H groups in total. The molecule has 1 heterocycles. The van der Waals surface area contributed by atoms with E-state index in [0.29, 0.717) is 12.8 Å². The highest BCUT2D eigenvalue weighted by Gasteiger charge is 2.47. The molecule has 0 saturated carbocycles. The number of carbonyl (C=O) groups excluding carboxylic acids is 2. The van der Waals surface area contributed by atoms with Gasteiger partial charge in [-0.05, 0) is 36.1 Å². The minimum atomic E-state index is -0.751. The van der Waals surface area contributed by atoms with Gasteiger partial charge in [-0.2, -0.15) is 0 Å². The van der Waals surface area contributed by atoms with E-state index < -0.39 is 11.6 Å². The fraction of sp³-hybridized carbons (Fsp3) is 0.385. The highest BCUT2D eigenvalue weighted by Crippen LogP contribution is 2.32. The number of urea groups is 1. The molecule has 1 aromatic rings. The van der Waals surface area contributed by atoms with E-state index in [2.05, 4.69) is 10.6 Å². The fourth-order valence-corrected chi connectivity index (χ4v) is 2.72. The summed E-state index contributed by atoms with van der Waals surface area (Å²) >= 11 is 0. The number of hydrogen-bond donors (Lipinski definition) is 2. The van der Waals surface area contributed by atoms with Crippen LogP contribution in [0.5, 0.6) is 5.75 Å². The molecule has 0 aromatic heterocycles. The van der Waals surface area contributed by atoms with E-state index in [9.17, 15) is 9.59 Å². The number of fused-ring (bicyclic) bond motifs is 1. The molecule has 2 aliphatic rings. The maximum Gasteiger partial charge on any atom is 0.322 e. The Kier molecular flexibility index (Phi) is 2.29. The summed E-state index contributed by atoms with van der Waals surface area (Å²) in [4.78, 5) is 23.2. The molecule has 0 radical (unpaired) electrons. The van der Waals surface area contributed by atoms with Gasteiger partial charge in [0.2, 0.25) is 0 Å². The second-order valence-electron chi connectivity index (χ2n) is 4.80. The Balaban J connectivity index is 1.94. The monoisotopic (exact) mass is 246 g/mol. The minimum absolute atomic E-state index is 0.214. The summed E-state index contributed by atoms with van der Waals surface area (Å²) < 4.78 is 5.19. The lowest BCUT2D eigenvalue weighted by molar-refractivity contribution is -0.124. The molecule has 1 fully saturated rings. The molecule has 0 unspecified atom stereocenters. The first kappa shape index (κ1) is 11.1. The van der Waals surface area contributed by atoms with E-state index >= 15 is 0 Å². The van der Waals surface area contributed by atoms with Gasteiger partial charge in [0.25, 0.3) is 5.91 Å². The number of amides is 3. The van der Waals surface area contributed by atoms with Gasteiger partial charge in [-0.15, -0.1) is 0 Å². The molecule has 3 rings (SSSR count). The Labute approximate surface area is 105 Å². The number of aryl methyl sites for hydroxylation is 1. The maximum absolute atomic E-state index is 11.9. The van der Waals surface area contributed by atoms with Crippen LogP contribution >= 0.6 is 0 Å². The van der Waals surface area contributed by atoms with Crippen LogP contribution in [0.1, 0.15) is 17.5 Å². The zero-order chi connectivity index (χ0) is 12.8. The van der Waals surface area contributed by atoms with Crippen molar-refractivity contribution in [2.75, 3.05) is 7.11 Å². The molecular weight excluding hydrogens is 232 g/mol. The Morgan fingerprint density at radius 3 is 2.78 bits per heavy atom. The average Bonchev–Trinajstić information content (AvgIpc) is 2.63. The van der Waals surface area contributed by atoms with Gasteiger partial charge in [0.15, 0.2) is 0 Å². The van der Waals surface area contributed by atoms with Crippen LogP contribution in [0, 0.1) is 0 Å². The van der Waals surface area contributed by atoms with Gasteiger partial charge in [0, 0.05) is 6.42 Å². The molecule has 1 aliphatic heterocycles. The molecular formula is C13H14N2O3. The van der Waals surface area contributed by atoms with Crippen molar-refractivity contribution in [2.24, 2.45) is 0 Å². The zero-order valence-corrected chi connectivity index (χ0v) is 10.1. The topological polar surface area (TPSA) is 67.4 Å². The van der Waals surface area contributed by atoms with E-state index in [4.69, 9.17) is 4.74 Å². The molecule has 3 amide bonds. The van der Waals surface area contributed by atoms with E-state index in [1.807, 2.05) is 18.2 Å². The largest absolute Gasteiger partial charge is 0.497 e. The van der Waals surface area contributed by atoms with Gasteiger partial charge in [-0.1, -0.05) is 6.07 Å². The molecule has 94 valence electrons. The van der Waals surface area contributed by atoms with Crippen LogP contribution in [0.3, 0.4) is 0 Å². The van der Waals surface area contributed by atoms with Crippen LogP contribution in [0.2, 0.25) is 0 Å². The molecule has 5 nitrogen and oxygen atoms in total. The van der Waals surface area contributed by atoms with Crippen molar-refractivity contribution in [2.45, 2.75) is 24.8 Å². The molecule has 18 heavy (non-hydrogen) atoms. The number of nitrogens with one attached hydrogen (secondary N) is 2. The van der Waals surface area contributed by atoms with Crippen LogP contribution in [-0.4, -0.2) is 24.6 Å². The minimum Gasteiger partial charge on any atom is -0.497 e. The fourth-order valence-electron chi connectivity index (χ4n) is 2.72. The zero-order valence-electron chi connectivity index (χ0n) is 10.1. The van der Waals surface area contributed by atoms with Crippen molar-refractivity contribution in [3.8, 4) is 5.75 Å². The van der Waals surface area contributed by atoms with Crippen molar-refractivity contribution < 1.29 is 14.3 Å². The predicted molar refractivity (Wildman–Crippen MR) is 64.4 cm³/mol. The van der Waals surface area contributed by atoms with Crippen molar-refractivity contribution in [3.63, 3.8) is 0 Å². The van der Waals surface area contributed by atoms with Gasteiger partial charge in [0.1, 0.15) is 11.3 Å². The Bertz CT molecular complexity index is 541. The third-order valence-corrected chi connectivity index (χ3v) is 3.74. The summed E-state index contributed by atoms with van der Waals surface area (Å²) in [5.41, 5.74) is 1.53. The Morgan fingerprint density at radius 2 is 2.11 bits per heavy atom. The van der Waals surface area contributed by atoms with Gasteiger partial charge in [-0.3, -0.25) is 10.1 Å². The Morgan fingerprint density at radius 1 is 1.28 bits per heavy atom. The van der Waals surface area contributed by atoms with E-state index in [1.165, 1.54) is 5.56 Å². The Hall–Kier alpha value is -2.04. The van der Waals surface area contributed by atoms with Crippen LogP contribution in [0.4, 0.5) is 4.79 Å². The summed E-state index contributed by atoms with van der Waals surface area (Å²) in [7, 11) is 1.64. The van der Waals surface area contributed by atoms with Crippen molar-refractivity contribution in [1.82, 2.24) is 10.6 Å². The summed E-state index contributed by atoms with van der Waals surface area (Å²) in [5, 5.41) is 5.07. The first-order chi connectivity index (χ1) is 8.63. The van der Waals surface area contributed by atoms with Crippen molar-refractivity contribution in [3.05, 3.63) is 29.3 Å². The molecule has 1 aromatic carbocycles. The van der Waals surface area contributed by atoms with Gasteiger partial charge < -0.3 is 10.1 Å². The molecule has 5 heteroatoms. The number of carbonyl (C=O) groups is 2. The standard InChI is InChI=1S/C13H14N2O3/c1-18-10-3-2-9-7-13(5-4-8(9)6-10)11(16)14-12(17)15-13/h2-3,6H,4-5,7H2,1H3,(H2,14,15,16,17)/t13-/m0/s1. The summed E-state index contributed by atoms with van der Waals surface area (Å²) in [6, 6.07) is 5.45. The SMILES string of the molecule is COc1ccc2c(c1)CC[C@@]1(C2)NC(=O)NC1=O. The van der Waals surface area contributed by atoms with Crippen molar-refractivity contribution >= 4 is 11.9 Å². The molecule has 1 atom stereocenters. The molecule has 0 bridgehead atoms. The quantitative estimate of drug-likeness (QED) is 0.719. The second kappa shape index (κ2) is 3.73. The second-order valence-corrected chi connectivity index (χ2v) is 4.80. The van der Waals surface area contributed by atoms with E-state index in [1.54, 1.807) is 7.11 Å². The molecule has 1 spiro atoms. The number of ether oxygens (including phenoxy) is 1. The molecule has 1 aliphatic carbocycles. The predicted octanol–water partition coefficient (Wildman–Crippen LogP) is 0.762. The number of methoxy groups -OCH3 is 1. The van der Waals surface area contributed by atoms with Gasteiger partial charge in [0.05, 0.1) is 7.11 Å². The van der Waals surface area contributed by atoms with Crippen LogP contribution < -0.4 is 15.4 Å². The highest BCUT2D eigenvalue weighted by atomic mass is 16.5. The average molecular weight is 246 g/mol. The van der Waals surface area contributed by atoms with Crippen LogP contribution in [0.15, 0.2) is 18.2 Å². The van der Waals surface area contributed by atoms with Crippen molar-refractivity contribution in [1.29, 1.82) is 0 Å². The number of benzene rings is 1. The van der Waals surface area contributed by atoms with Crippen LogP contribution in [-0.2, 0) is 17.6 Å². The normalized spacial score (nSPS) is 25.6. The maximum atomic E-state index is 11.9. The lowest BCUT2D eigenvalue weighted by Gasteiger charge is -2.31. The highest BCUT2D eigenvalue weighted by molar-refractivity contribution is 6.07. The van der Waals surface area contributed by atoms with E-state index in [-0.39, 0.29) is 5.91 Å². The number of rotatable bonds is 1. The summed E-state index contributed by atoms with van der Waals surface area (Å²) in [5.74, 6) is 0.610. The lowest BCUT2D eigenvalue weighted by Crippen LogP contribution is -2.51. The van der Waals surface area contributed by atoms with Gasteiger partial charge >= 0.3 is 6.03 Å². The third-order valence-electron chi connectivity index (χ3n) is 3.74. The summed E-state index contributed by atoms with van der Waals surface area (Å²) in [6.07, 6.45) is 1.94. The summed E-state index contributed by atoms with van der Waals surface area (Å²) in [6.45, 7) is 0. The van der Waals surface area contributed by atoms with E-state index in [0.717, 1.165) is 17.7 Å². The van der Waals surface area contributed by atoms with Crippen LogP contribution in [0.25, 0.3) is 0 Å².